The molecule has 4 rings (SSSR count). The minimum Gasteiger partial charge on any atom is -0.495 e. The Bertz CT molecular complexity index is 1390. The van der Waals surface area contributed by atoms with Crippen molar-refractivity contribution in [3.8, 4) is 17.6 Å². The lowest BCUT2D eigenvalue weighted by Crippen LogP contribution is -2.36. The maximum absolute atomic E-state index is 13.5. The van der Waals surface area contributed by atoms with E-state index in [0.717, 1.165) is 31.6 Å². The number of carbonyl (C=O) groups excluding carboxylic acids is 1. The molecule has 1 aromatic heterocycles. The molecule has 1 amide bonds. The maximum atomic E-state index is 13.5. The molecule has 1 saturated heterocycles. The number of amides is 1. The Morgan fingerprint density at radius 3 is 2.62 bits per heavy atom. The van der Waals surface area contributed by atoms with Crippen LogP contribution in [0.15, 0.2) is 42.5 Å². The molecule has 0 atom stereocenters. The zero-order valence-corrected chi connectivity index (χ0v) is 22.6. The van der Waals surface area contributed by atoms with Gasteiger partial charge in [-0.05, 0) is 75.3 Å². The third-order valence-electron chi connectivity index (χ3n) is 6.81. The van der Waals surface area contributed by atoms with Gasteiger partial charge in [0.25, 0.3) is 5.91 Å². The fourth-order valence-corrected chi connectivity index (χ4v) is 4.76. The summed E-state index contributed by atoms with van der Waals surface area (Å²) in [6.45, 7) is 0.907. The van der Waals surface area contributed by atoms with Gasteiger partial charge in [0.2, 0.25) is 0 Å². The highest BCUT2D eigenvalue weighted by Crippen LogP contribution is 2.31. The predicted molar refractivity (Wildman–Crippen MR) is 150 cm³/mol. The molecule has 2 aromatic carbocycles. The fourth-order valence-electron chi connectivity index (χ4n) is 4.76. The number of hydrogen-bond donors (Lipinski definition) is 4. The third kappa shape index (κ3) is 7.40. The van der Waals surface area contributed by atoms with Crippen LogP contribution in [0, 0.1) is 11.8 Å². The van der Waals surface area contributed by atoms with Gasteiger partial charge in [0, 0.05) is 29.2 Å². The first-order valence-electron chi connectivity index (χ1n) is 13.1. The average molecular weight is 558 g/mol. The van der Waals surface area contributed by atoms with Crippen LogP contribution in [0.4, 0.5) is 24.5 Å². The number of fused-ring (bicyclic) bond motifs is 1. The van der Waals surface area contributed by atoms with Crippen molar-refractivity contribution in [2.45, 2.75) is 31.6 Å². The van der Waals surface area contributed by atoms with Gasteiger partial charge >= 0.3 is 6.18 Å². The van der Waals surface area contributed by atoms with E-state index in [2.05, 4.69) is 39.7 Å². The molecule has 0 radical (unpaired) electrons. The fraction of sp³-hybridized carbons (Fsp3) is 0.414. The second-order valence-electron chi connectivity index (χ2n) is 9.74. The minimum absolute atomic E-state index is 0.136. The molecule has 2 heterocycles. The van der Waals surface area contributed by atoms with Crippen molar-refractivity contribution < 1.29 is 27.8 Å². The van der Waals surface area contributed by atoms with Crippen LogP contribution >= 0.6 is 0 Å². The molecule has 0 saturated carbocycles. The van der Waals surface area contributed by atoms with Crippen molar-refractivity contribution in [2.75, 3.05) is 57.6 Å². The Balaban J connectivity index is 1.54. The number of aromatic nitrogens is 1. The summed E-state index contributed by atoms with van der Waals surface area (Å²) >= 11 is 0. The molecule has 3 aromatic rings. The van der Waals surface area contributed by atoms with E-state index in [1.54, 1.807) is 36.4 Å². The van der Waals surface area contributed by atoms with Gasteiger partial charge in [0.1, 0.15) is 12.3 Å². The van der Waals surface area contributed by atoms with Gasteiger partial charge in [-0.25, -0.2) is 0 Å². The van der Waals surface area contributed by atoms with Crippen LogP contribution in [0.3, 0.4) is 0 Å². The number of nitrogens with one attached hydrogen (secondary N) is 3. The quantitative estimate of drug-likeness (QED) is 0.299. The number of methoxy groups -OCH3 is 1. The Hall–Kier alpha value is -3.88. The Kier molecular flexibility index (Phi) is 9.45. The summed E-state index contributed by atoms with van der Waals surface area (Å²) in [6.07, 6.45) is -2.48. The van der Waals surface area contributed by atoms with Crippen molar-refractivity contribution in [3.63, 3.8) is 0 Å². The van der Waals surface area contributed by atoms with Gasteiger partial charge in [-0.3, -0.25) is 4.79 Å². The molecule has 1 fully saturated rings. The number of carbonyl (C=O) groups is 1. The van der Waals surface area contributed by atoms with Gasteiger partial charge in [0.05, 0.1) is 37.2 Å². The van der Waals surface area contributed by atoms with Crippen molar-refractivity contribution in [2.24, 2.45) is 0 Å². The molecule has 1 aliphatic rings. The number of aliphatic hydroxyl groups excluding tert-OH is 1. The van der Waals surface area contributed by atoms with E-state index < -0.39 is 12.7 Å². The lowest BCUT2D eigenvalue weighted by molar-refractivity contribution is -0.140. The number of benzene rings is 2. The summed E-state index contributed by atoms with van der Waals surface area (Å²) in [5.74, 6) is 5.90. The topological polar surface area (TPSA) is 90.8 Å². The maximum Gasteiger partial charge on any atom is 0.406 e. The molecule has 4 N–H and O–H groups in total. The first kappa shape index (κ1) is 29.1. The van der Waals surface area contributed by atoms with Crippen LogP contribution in [0.1, 0.15) is 28.9 Å². The van der Waals surface area contributed by atoms with Crippen LogP contribution in [-0.4, -0.2) is 79.6 Å². The summed E-state index contributed by atoms with van der Waals surface area (Å²) < 4.78 is 47.2. The molecular weight excluding hydrogens is 523 g/mol. The van der Waals surface area contributed by atoms with Gasteiger partial charge in [-0.2, -0.15) is 13.2 Å². The van der Waals surface area contributed by atoms with E-state index in [-0.39, 0.29) is 37.3 Å². The molecule has 0 bridgehead atoms. The average Bonchev–Trinajstić information content (AvgIpc) is 3.27. The molecule has 1 aliphatic heterocycles. The van der Waals surface area contributed by atoms with Crippen molar-refractivity contribution in [1.82, 2.24) is 14.8 Å². The number of alkyl halides is 3. The van der Waals surface area contributed by atoms with Crippen LogP contribution < -0.4 is 20.7 Å². The number of likely N-dealkylation sites (tertiary alicyclic amines) is 1. The SMILES string of the molecule is COc1cc(C(=O)NCCO)ccc1NCC#Cc1cc2c(NC3CCN(C)CC3)cccc2n1CC(F)(F)F. The lowest BCUT2D eigenvalue weighted by Gasteiger charge is -2.30. The second-order valence-corrected chi connectivity index (χ2v) is 9.74. The van der Waals surface area contributed by atoms with E-state index >= 15 is 0 Å². The summed E-state index contributed by atoms with van der Waals surface area (Å²) in [7, 11) is 3.55. The number of hydrogen-bond acceptors (Lipinski definition) is 6. The Labute approximate surface area is 231 Å². The minimum atomic E-state index is -4.41. The summed E-state index contributed by atoms with van der Waals surface area (Å²) in [5.41, 5.74) is 2.50. The molecule has 8 nitrogen and oxygen atoms in total. The Morgan fingerprint density at radius 2 is 1.93 bits per heavy atom. The molecule has 0 unspecified atom stereocenters. The summed E-state index contributed by atoms with van der Waals surface area (Å²) in [5, 5.41) is 18.8. The van der Waals surface area contributed by atoms with Crippen LogP contribution in [-0.2, 0) is 6.54 Å². The van der Waals surface area contributed by atoms with E-state index in [0.29, 0.717) is 27.9 Å². The van der Waals surface area contributed by atoms with Crippen LogP contribution in [0.5, 0.6) is 5.75 Å². The van der Waals surface area contributed by atoms with Gasteiger partial charge < -0.3 is 35.3 Å². The largest absolute Gasteiger partial charge is 0.495 e. The van der Waals surface area contributed by atoms with Crippen molar-refractivity contribution in [3.05, 3.63) is 53.7 Å². The van der Waals surface area contributed by atoms with Crippen molar-refractivity contribution in [1.29, 1.82) is 0 Å². The van der Waals surface area contributed by atoms with Crippen LogP contribution in [0.25, 0.3) is 10.9 Å². The molecule has 214 valence electrons. The smallest absolute Gasteiger partial charge is 0.406 e. The number of rotatable bonds is 9. The molecule has 0 spiro atoms. The zero-order valence-electron chi connectivity index (χ0n) is 22.6. The third-order valence-corrected chi connectivity index (χ3v) is 6.81. The summed E-state index contributed by atoms with van der Waals surface area (Å²) in [4.78, 5) is 14.4. The van der Waals surface area contributed by atoms with E-state index in [1.807, 2.05) is 6.07 Å². The zero-order chi connectivity index (χ0) is 28.7. The van der Waals surface area contributed by atoms with Gasteiger partial charge in [0.15, 0.2) is 0 Å². The lowest BCUT2D eigenvalue weighted by atomic mass is 10.0. The highest BCUT2D eigenvalue weighted by Gasteiger charge is 2.30. The number of halogens is 3. The van der Waals surface area contributed by atoms with Crippen molar-refractivity contribution >= 4 is 28.2 Å². The van der Waals surface area contributed by atoms with E-state index in [1.165, 1.54) is 11.7 Å². The standard InChI is InChI=1S/C29H34F3N5O3/c1-36-14-10-21(11-15-36)35-24-6-3-7-26-23(24)18-22(37(26)19-29(30,31)32)5-4-12-33-25-9-8-20(17-27(25)40-2)28(39)34-13-16-38/h3,6-9,17-18,21,33,35,38H,10-16,19H2,1-2H3,(H,34,39). The number of piperidine rings is 1. The predicted octanol–water partition coefficient (Wildman–Crippen LogP) is 3.90. The van der Waals surface area contributed by atoms with E-state index in [4.69, 9.17) is 9.84 Å². The van der Waals surface area contributed by atoms with Crippen LogP contribution in [0.2, 0.25) is 0 Å². The normalized spacial score (nSPS) is 14.4. The molecule has 40 heavy (non-hydrogen) atoms. The summed E-state index contributed by atoms with van der Waals surface area (Å²) in [6, 6.07) is 12.2. The molecular formula is C29H34F3N5O3. The van der Waals surface area contributed by atoms with Gasteiger partial charge in [-0.15, -0.1) is 0 Å². The van der Waals surface area contributed by atoms with Gasteiger partial charge in [-0.1, -0.05) is 12.0 Å². The number of ether oxygens (including phenoxy) is 1. The number of anilines is 2. The van der Waals surface area contributed by atoms with E-state index in [9.17, 15) is 18.0 Å². The number of nitrogens with zero attached hydrogens (tertiary/aromatic N) is 2. The highest BCUT2D eigenvalue weighted by molar-refractivity contribution is 5.95. The Morgan fingerprint density at radius 1 is 1.15 bits per heavy atom. The first-order chi connectivity index (χ1) is 19.2. The monoisotopic (exact) mass is 557 g/mol. The molecule has 0 aliphatic carbocycles. The number of aliphatic hydroxyl groups is 1. The highest BCUT2D eigenvalue weighted by atomic mass is 19.4. The molecule has 11 heteroatoms. The first-order valence-corrected chi connectivity index (χ1v) is 13.1. The second kappa shape index (κ2) is 13.0.